The number of piperidine rings is 1. The number of unbranched alkanes of at least 4 members (excludes halogenated alkanes) is 6. The Bertz CT molecular complexity index is 781. The van der Waals surface area contributed by atoms with Crippen molar-refractivity contribution in [2.24, 2.45) is 17.6 Å². The number of carbonyl (C=O) groups is 1. The first-order valence-electron chi connectivity index (χ1n) is 15.1. The van der Waals surface area contributed by atoms with Gasteiger partial charge in [0.2, 0.25) is 5.91 Å². The standard InChI is InChI=1S/C31H52N4O/c1-26(2)27-15-17-28(18-16-27)33-23-19-31(20-24-33)30(36)34(22-12-7-5-3-4-6-11-21-32)25-35(31)29-13-9-8-10-14-29/h8-10,13-14,26-28H,3-7,11-12,15-25,32H2,1-2H3/t27-,28-. The lowest BCUT2D eigenvalue weighted by Crippen LogP contribution is -2.58. The third-order valence-electron chi connectivity index (χ3n) is 9.54. The van der Waals surface area contributed by atoms with E-state index in [2.05, 4.69) is 58.9 Å². The molecular formula is C31H52N4O. The van der Waals surface area contributed by atoms with E-state index in [0.29, 0.717) is 5.91 Å². The van der Waals surface area contributed by atoms with Gasteiger partial charge in [0.15, 0.2) is 0 Å². The van der Waals surface area contributed by atoms with E-state index in [1.54, 1.807) is 0 Å². The summed E-state index contributed by atoms with van der Waals surface area (Å²) in [4.78, 5) is 21.3. The molecule has 36 heavy (non-hydrogen) atoms. The highest BCUT2D eigenvalue weighted by Crippen LogP contribution is 2.41. The van der Waals surface area contributed by atoms with Gasteiger partial charge in [0.25, 0.3) is 0 Å². The monoisotopic (exact) mass is 496 g/mol. The van der Waals surface area contributed by atoms with Gasteiger partial charge in [-0.05, 0) is 81.9 Å². The molecule has 2 heterocycles. The van der Waals surface area contributed by atoms with Crippen LogP contribution in [-0.2, 0) is 4.79 Å². The molecule has 5 nitrogen and oxygen atoms in total. The van der Waals surface area contributed by atoms with Crippen LogP contribution in [0.4, 0.5) is 5.69 Å². The van der Waals surface area contributed by atoms with Gasteiger partial charge in [0.1, 0.15) is 5.54 Å². The molecule has 0 unspecified atom stereocenters. The molecule has 202 valence electrons. The van der Waals surface area contributed by atoms with Gasteiger partial charge >= 0.3 is 0 Å². The maximum absolute atomic E-state index is 14.0. The van der Waals surface area contributed by atoms with Gasteiger partial charge < -0.3 is 20.4 Å². The molecule has 3 fully saturated rings. The number of anilines is 1. The van der Waals surface area contributed by atoms with Crippen molar-refractivity contribution in [1.29, 1.82) is 0 Å². The van der Waals surface area contributed by atoms with E-state index in [9.17, 15) is 4.79 Å². The Hall–Kier alpha value is -1.59. The van der Waals surface area contributed by atoms with E-state index in [1.165, 1.54) is 63.5 Å². The van der Waals surface area contributed by atoms with E-state index in [0.717, 1.165) is 76.4 Å². The summed E-state index contributed by atoms with van der Waals surface area (Å²) in [7, 11) is 0. The van der Waals surface area contributed by atoms with Gasteiger partial charge in [-0.1, -0.05) is 64.2 Å². The molecule has 1 aliphatic carbocycles. The van der Waals surface area contributed by atoms with Crippen LogP contribution >= 0.6 is 0 Å². The van der Waals surface area contributed by atoms with Crippen LogP contribution in [-0.4, -0.2) is 60.1 Å². The van der Waals surface area contributed by atoms with Crippen LogP contribution in [0.15, 0.2) is 30.3 Å². The zero-order valence-electron chi connectivity index (χ0n) is 23.2. The Balaban J connectivity index is 1.33. The van der Waals surface area contributed by atoms with E-state index in [-0.39, 0.29) is 5.54 Å². The number of amides is 1. The van der Waals surface area contributed by atoms with Crippen molar-refractivity contribution < 1.29 is 4.79 Å². The molecule has 2 saturated heterocycles. The van der Waals surface area contributed by atoms with Gasteiger partial charge in [0, 0.05) is 31.4 Å². The minimum atomic E-state index is -0.352. The third-order valence-corrected chi connectivity index (χ3v) is 9.54. The fourth-order valence-corrected chi connectivity index (χ4v) is 7.10. The quantitative estimate of drug-likeness (QED) is 0.359. The lowest BCUT2D eigenvalue weighted by Gasteiger charge is -2.47. The molecule has 0 aromatic heterocycles. The first-order chi connectivity index (χ1) is 17.5. The lowest BCUT2D eigenvalue weighted by molar-refractivity contribution is -0.134. The fraction of sp³-hybridized carbons (Fsp3) is 0.774. The van der Waals surface area contributed by atoms with Gasteiger partial charge in [-0.25, -0.2) is 0 Å². The largest absolute Gasteiger partial charge is 0.339 e. The summed E-state index contributed by atoms with van der Waals surface area (Å²) in [6.45, 7) is 9.34. The Morgan fingerprint density at radius 1 is 0.889 bits per heavy atom. The molecule has 0 radical (unpaired) electrons. The van der Waals surface area contributed by atoms with Crippen molar-refractivity contribution in [2.45, 2.75) is 109 Å². The Kier molecular flexibility index (Phi) is 10.1. The molecule has 3 aliphatic rings. The maximum atomic E-state index is 14.0. The normalized spacial score (nSPS) is 24.8. The van der Waals surface area contributed by atoms with Crippen LogP contribution in [0.25, 0.3) is 0 Å². The van der Waals surface area contributed by atoms with Crippen molar-refractivity contribution in [3.8, 4) is 0 Å². The van der Waals surface area contributed by atoms with Gasteiger partial charge in [-0.2, -0.15) is 0 Å². The van der Waals surface area contributed by atoms with E-state index in [4.69, 9.17) is 5.73 Å². The summed E-state index contributed by atoms with van der Waals surface area (Å²) < 4.78 is 0. The zero-order chi connectivity index (χ0) is 25.4. The Morgan fingerprint density at radius 2 is 1.50 bits per heavy atom. The molecule has 0 bridgehead atoms. The fourth-order valence-electron chi connectivity index (χ4n) is 7.10. The topological polar surface area (TPSA) is 52.8 Å². The number of rotatable bonds is 12. The second-order valence-electron chi connectivity index (χ2n) is 12.1. The summed E-state index contributed by atoms with van der Waals surface area (Å²) in [5.41, 5.74) is 6.46. The zero-order valence-corrected chi connectivity index (χ0v) is 23.2. The molecule has 1 aromatic carbocycles. The number of benzene rings is 1. The number of likely N-dealkylation sites (tertiary alicyclic amines) is 1. The smallest absolute Gasteiger partial charge is 0.250 e. The van der Waals surface area contributed by atoms with Crippen molar-refractivity contribution in [1.82, 2.24) is 9.80 Å². The molecule has 1 aromatic rings. The average Bonchev–Trinajstić information content (AvgIpc) is 3.17. The van der Waals surface area contributed by atoms with Crippen molar-refractivity contribution in [3.63, 3.8) is 0 Å². The number of para-hydroxylation sites is 1. The maximum Gasteiger partial charge on any atom is 0.250 e. The summed E-state index contributed by atoms with van der Waals surface area (Å²) in [5.74, 6) is 2.10. The molecule has 0 atom stereocenters. The second kappa shape index (κ2) is 13.3. The summed E-state index contributed by atoms with van der Waals surface area (Å²) >= 11 is 0. The molecule has 2 aliphatic heterocycles. The lowest BCUT2D eigenvalue weighted by atomic mass is 9.78. The number of nitrogens with two attached hydrogens (primary N) is 1. The molecule has 1 amide bonds. The summed E-state index contributed by atoms with van der Waals surface area (Å²) in [6, 6.07) is 11.4. The van der Waals surface area contributed by atoms with E-state index in [1.807, 2.05) is 0 Å². The number of nitrogens with zero attached hydrogens (tertiary/aromatic N) is 3. The first kappa shape index (κ1) is 27.4. The predicted octanol–water partition coefficient (Wildman–Crippen LogP) is 6.03. The minimum absolute atomic E-state index is 0.352. The SMILES string of the molecule is CC(C)[C@H]1CC[C@H](N2CCC3(CC2)C(=O)N(CCCCCCCCCN)CN3c2ccccc2)CC1. The van der Waals surface area contributed by atoms with Crippen LogP contribution in [0.5, 0.6) is 0 Å². The molecule has 5 heteroatoms. The van der Waals surface area contributed by atoms with Crippen LogP contribution in [0.3, 0.4) is 0 Å². The Labute approximate surface area is 220 Å². The van der Waals surface area contributed by atoms with Crippen molar-refractivity contribution >= 4 is 11.6 Å². The van der Waals surface area contributed by atoms with Crippen LogP contribution in [0.1, 0.15) is 97.3 Å². The van der Waals surface area contributed by atoms with Gasteiger partial charge in [-0.3, -0.25) is 4.79 Å². The minimum Gasteiger partial charge on any atom is -0.339 e. The Morgan fingerprint density at radius 3 is 2.11 bits per heavy atom. The molecule has 4 rings (SSSR count). The second-order valence-corrected chi connectivity index (χ2v) is 12.1. The predicted molar refractivity (Wildman–Crippen MR) is 151 cm³/mol. The molecule has 1 spiro atoms. The van der Waals surface area contributed by atoms with Gasteiger partial charge in [-0.15, -0.1) is 0 Å². The molecular weight excluding hydrogens is 444 g/mol. The van der Waals surface area contributed by atoms with Crippen molar-refractivity contribution in [2.75, 3.05) is 37.7 Å². The van der Waals surface area contributed by atoms with Gasteiger partial charge in [0.05, 0.1) is 6.67 Å². The first-order valence-corrected chi connectivity index (χ1v) is 15.1. The highest BCUT2D eigenvalue weighted by atomic mass is 16.2. The van der Waals surface area contributed by atoms with Crippen LogP contribution < -0.4 is 10.6 Å². The molecule has 1 saturated carbocycles. The third kappa shape index (κ3) is 6.45. The number of hydrogen-bond acceptors (Lipinski definition) is 4. The highest BCUT2D eigenvalue weighted by molar-refractivity contribution is 5.93. The van der Waals surface area contributed by atoms with E-state index < -0.39 is 0 Å². The highest BCUT2D eigenvalue weighted by Gasteiger charge is 2.53. The average molecular weight is 497 g/mol. The van der Waals surface area contributed by atoms with Crippen LogP contribution in [0.2, 0.25) is 0 Å². The van der Waals surface area contributed by atoms with E-state index >= 15 is 0 Å². The summed E-state index contributed by atoms with van der Waals surface area (Å²) in [6.07, 6.45) is 15.9. The van der Waals surface area contributed by atoms with Crippen LogP contribution in [0, 0.1) is 11.8 Å². The summed E-state index contributed by atoms with van der Waals surface area (Å²) in [5, 5.41) is 0. The number of carbonyl (C=O) groups excluding carboxylic acids is 1. The number of hydrogen-bond donors (Lipinski definition) is 1. The van der Waals surface area contributed by atoms with Crippen molar-refractivity contribution in [3.05, 3.63) is 30.3 Å². The molecule has 2 N–H and O–H groups in total.